The monoisotopic (exact) mass is 372 g/mol. The molecule has 0 N–H and O–H groups in total. The lowest BCUT2D eigenvalue weighted by molar-refractivity contribution is -0.156. The maximum absolute atomic E-state index is 13.0. The van der Waals surface area contributed by atoms with Gasteiger partial charge in [-0.05, 0) is 80.9 Å². The molecular formula is C24H36O3. The van der Waals surface area contributed by atoms with Crippen LogP contribution in [-0.2, 0) is 16.0 Å². The van der Waals surface area contributed by atoms with E-state index in [0.29, 0.717) is 11.2 Å². The molecule has 3 heteroatoms. The van der Waals surface area contributed by atoms with E-state index in [1.54, 1.807) is 7.11 Å². The van der Waals surface area contributed by atoms with Crippen molar-refractivity contribution in [1.82, 2.24) is 0 Å². The molecule has 4 rings (SSSR count). The molecule has 3 aliphatic rings. The van der Waals surface area contributed by atoms with Gasteiger partial charge in [-0.25, -0.2) is 0 Å². The van der Waals surface area contributed by atoms with Crippen molar-refractivity contribution in [3.05, 3.63) is 29.8 Å². The minimum absolute atomic E-state index is 0.0106. The Balaban J connectivity index is 1.52. The number of fused-ring (bicyclic) bond motifs is 3. The van der Waals surface area contributed by atoms with Crippen LogP contribution in [0.3, 0.4) is 0 Å². The smallest absolute Gasteiger partial charge is 0.317 e. The molecule has 0 radical (unpaired) electrons. The average molecular weight is 373 g/mol. The maximum atomic E-state index is 13.0. The zero-order valence-corrected chi connectivity index (χ0v) is 17.2. The molecule has 0 amide bonds. The number of aryl methyl sites for hydroxylation is 1. The third-order valence-corrected chi connectivity index (χ3v) is 7.09. The van der Waals surface area contributed by atoms with Gasteiger partial charge < -0.3 is 9.47 Å². The molecule has 0 unspecified atom stereocenters. The SMILES string of the molecule is CCCCCC12CCC(C(=O)Oc3ccc(CCCOC)cc3)(CC1)CC2. The fourth-order valence-electron chi connectivity index (χ4n) is 5.05. The van der Waals surface area contributed by atoms with Crippen molar-refractivity contribution in [1.29, 1.82) is 0 Å². The molecule has 1 aromatic carbocycles. The molecule has 0 saturated heterocycles. The summed E-state index contributed by atoms with van der Waals surface area (Å²) in [6.45, 7) is 3.05. The van der Waals surface area contributed by atoms with Crippen LogP contribution in [0.2, 0.25) is 0 Å². The van der Waals surface area contributed by atoms with Crippen LogP contribution in [0.4, 0.5) is 0 Å². The topological polar surface area (TPSA) is 35.5 Å². The van der Waals surface area contributed by atoms with Gasteiger partial charge in [0.05, 0.1) is 5.41 Å². The Morgan fingerprint density at radius 3 is 2.22 bits per heavy atom. The second-order valence-corrected chi connectivity index (χ2v) is 8.87. The molecule has 3 fully saturated rings. The lowest BCUT2D eigenvalue weighted by atomic mass is 9.52. The average Bonchev–Trinajstić information content (AvgIpc) is 2.71. The summed E-state index contributed by atoms with van der Waals surface area (Å²) in [6, 6.07) is 8.02. The quantitative estimate of drug-likeness (QED) is 0.283. The van der Waals surface area contributed by atoms with Gasteiger partial charge in [0.25, 0.3) is 0 Å². The highest BCUT2D eigenvalue weighted by Crippen LogP contribution is 2.59. The zero-order valence-electron chi connectivity index (χ0n) is 17.2. The van der Waals surface area contributed by atoms with Gasteiger partial charge in [0.2, 0.25) is 0 Å². The number of carbonyl (C=O) groups excluding carboxylic acids is 1. The highest BCUT2D eigenvalue weighted by molar-refractivity contribution is 5.79. The van der Waals surface area contributed by atoms with Gasteiger partial charge >= 0.3 is 5.97 Å². The number of benzene rings is 1. The van der Waals surface area contributed by atoms with Crippen molar-refractivity contribution in [3.8, 4) is 5.75 Å². The Hall–Kier alpha value is -1.35. The van der Waals surface area contributed by atoms with E-state index in [-0.39, 0.29) is 11.4 Å². The number of methoxy groups -OCH3 is 1. The summed E-state index contributed by atoms with van der Waals surface area (Å²) in [5, 5.41) is 0. The molecule has 150 valence electrons. The summed E-state index contributed by atoms with van der Waals surface area (Å²) in [5.74, 6) is 0.701. The number of carbonyl (C=O) groups is 1. The van der Waals surface area contributed by atoms with E-state index in [4.69, 9.17) is 9.47 Å². The molecule has 0 aromatic heterocycles. The van der Waals surface area contributed by atoms with E-state index < -0.39 is 0 Å². The zero-order chi connectivity index (χ0) is 19.2. The van der Waals surface area contributed by atoms with Crippen LogP contribution in [0.25, 0.3) is 0 Å². The van der Waals surface area contributed by atoms with Crippen LogP contribution in [0.15, 0.2) is 24.3 Å². The fraction of sp³-hybridized carbons (Fsp3) is 0.708. The van der Waals surface area contributed by atoms with Gasteiger partial charge in [-0.2, -0.15) is 0 Å². The first-order valence-electron chi connectivity index (χ1n) is 10.9. The molecule has 0 atom stereocenters. The molecule has 3 saturated carbocycles. The molecule has 0 aliphatic heterocycles. The molecular weight excluding hydrogens is 336 g/mol. The van der Waals surface area contributed by atoms with Gasteiger partial charge in [0.15, 0.2) is 0 Å². The van der Waals surface area contributed by atoms with Crippen molar-refractivity contribution in [2.24, 2.45) is 10.8 Å². The fourth-order valence-corrected chi connectivity index (χ4v) is 5.05. The Morgan fingerprint density at radius 1 is 0.963 bits per heavy atom. The molecule has 3 nitrogen and oxygen atoms in total. The summed E-state index contributed by atoms with van der Waals surface area (Å²) < 4.78 is 10.9. The molecule has 3 aliphatic carbocycles. The predicted molar refractivity (Wildman–Crippen MR) is 109 cm³/mol. The Morgan fingerprint density at radius 2 is 1.63 bits per heavy atom. The van der Waals surface area contributed by atoms with E-state index in [9.17, 15) is 4.79 Å². The molecule has 1 aromatic rings. The number of unbranched alkanes of at least 4 members (excludes halogenated alkanes) is 2. The number of hydrogen-bond acceptors (Lipinski definition) is 3. The summed E-state index contributed by atoms with van der Waals surface area (Å²) in [4.78, 5) is 13.0. The van der Waals surface area contributed by atoms with Crippen LogP contribution in [-0.4, -0.2) is 19.7 Å². The van der Waals surface area contributed by atoms with Crippen molar-refractivity contribution < 1.29 is 14.3 Å². The summed E-state index contributed by atoms with van der Waals surface area (Å²) in [7, 11) is 1.73. The number of rotatable bonds is 10. The summed E-state index contributed by atoms with van der Waals surface area (Å²) in [6.07, 6.45) is 14.0. The van der Waals surface area contributed by atoms with E-state index in [1.807, 2.05) is 12.1 Å². The van der Waals surface area contributed by atoms with Crippen LogP contribution >= 0.6 is 0 Å². The van der Waals surface area contributed by atoms with E-state index in [0.717, 1.165) is 38.7 Å². The molecule has 2 bridgehead atoms. The first kappa shape index (κ1) is 20.4. The lowest BCUT2D eigenvalue weighted by Gasteiger charge is -2.52. The van der Waals surface area contributed by atoms with Crippen LogP contribution in [0, 0.1) is 10.8 Å². The summed E-state index contributed by atoms with van der Waals surface area (Å²) >= 11 is 0. The highest BCUT2D eigenvalue weighted by Gasteiger charge is 2.52. The third kappa shape index (κ3) is 4.93. The Bertz CT molecular complexity index is 580. The molecule has 0 spiro atoms. The van der Waals surface area contributed by atoms with Gasteiger partial charge in [0.1, 0.15) is 5.75 Å². The van der Waals surface area contributed by atoms with E-state index in [1.165, 1.54) is 50.5 Å². The number of ether oxygens (including phenoxy) is 2. The predicted octanol–water partition coefficient (Wildman–Crippen LogP) is 6.09. The number of esters is 1. The Labute approximate surface area is 164 Å². The normalized spacial score (nSPS) is 26.9. The van der Waals surface area contributed by atoms with Crippen LogP contribution < -0.4 is 4.74 Å². The second kappa shape index (κ2) is 9.23. The number of hydrogen-bond donors (Lipinski definition) is 0. The van der Waals surface area contributed by atoms with E-state index >= 15 is 0 Å². The first-order valence-corrected chi connectivity index (χ1v) is 10.9. The highest BCUT2D eigenvalue weighted by atomic mass is 16.5. The second-order valence-electron chi connectivity index (χ2n) is 8.87. The van der Waals surface area contributed by atoms with Gasteiger partial charge in [0, 0.05) is 13.7 Å². The van der Waals surface area contributed by atoms with Crippen molar-refractivity contribution >= 4 is 5.97 Å². The molecule has 0 heterocycles. The van der Waals surface area contributed by atoms with Crippen molar-refractivity contribution in [3.63, 3.8) is 0 Å². The van der Waals surface area contributed by atoms with Crippen LogP contribution in [0.5, 0.6) is 5.75 Å². The Kier molecular flexibility index (Phi) is 6.97. The van der Waals surface area contributed by atoms with Crippen molar-refractivity contribution in [2.75, 3.05) is 13.7 Å². The third-order valence-electron chi connectivity index (χ3n) is 7.09. The first-order chi connectivity index (χ1) is 13.1. The van der Waals surface area contributed by atoms with E-state index in [2.05, 4.69) is 19.1 Å². The van der Waals surface area contributed by atoms with Crippen LogP contribution in [0.1, 0.15) is 83.1 Å². The van der Waals surface area contributed by atoms with Gasteiger partial charge in [-0.1, -0.05) is 38.3 Å². The minimum atomic E-state index is -0.219. The van der Waals surface area contributed by atoms with Crippen molar-refractivity contribution in [2.45, 2.75) is 84.0 Å². The van der Waals surface area contributed by atoms with Gasteiger partial charge in [-0.15, -0.1) is 0 Å². The minimum Gasteiger partial charge on any atom is -0.426 e. The summed E-state index contributed by atoms with van der Waals surface area (Å²) in [5.41, 5.74) is 1.57. The standard InChI is InChI=1S/C24H36O3/c1-3-4-5-12-23-13-16-24(17-14-23,18-15-23)22(25)27-21-10-8-20(9-11-21)7-6-19-26-2/h8-11H,3-7,12-19H2,1-2H3. The van der Waals surface area contributed by atoms with Gasteiger partial charge in [-0.3, -0.25) is 4.79 Å². The maximum Gasteiger partial charge on any atom is 0.317 e. The largest absolute Gasteiger partial charge is 0.426 e. The lowest BCUT2D eigenvalue weighted by Crippen LogP contribution is -2.47. The molecule has 27 heavy (non-hydrogen) atoms.